The molecule has 0 fully saturated rings. The molecule has 0 aliphatic carbocycles. The van der Waals surface area contributed by atoms with Crippen LogP contribution in [0.2, 0.25) is 0 Å². The molecule has 0 aromatic heterocycles. The first-order valence-corrected chi connectivity index (χ1v) is 7.87. The van der Waals surface area contributed by atoms with Crippen LogP contribution in [0.1, 0.15) is 23.1 Å². The highest BCUT2D eigenvalue weighted by Gasteiger charge is 2.04. The van der Waals surface area contributed by atoms with Gasteiger partial charge in [0.05, 0.1) is 0 Å². The van der Waals surface area contributed by atoms with Gasteiger partial charge in [0, 0.05) is 18.7 Å². The van der Waals surface area contributed by atoms with Crippen LogP contribution in [0.5, 0.6) is 0 Å². The minimum atomic E-state index is -0.179. The number of hydrogen-bond donors (Lipinski definition) is 2. The number of hydrogen-bond acceptors (Lipinski definition) is 2. The zero-order valence-electron chi connectivity index (χ0n) is 13.7. The quantitative estimate of drug-likeness (QED) is 0.767. The van der Waals surface area contributed by atoms with Gasteiger partial charge in [-0.15, -0.1) is 0 Å². The van der Waals surface area contributed by atoms with Crippen molar-refractivity contribution in [2.24, 2.45) is 0 Å². The molecular weight excluding hydrogens is 291 g/mol. The number of amides is 1. The minimum Gasteiger partial charge on any atom is -0.326 e. The van der Waals surface area contributed by atoms with Crippen molar-refractivity contribution in [2.45, 2.75) is 26.7 Å². The monoisotopic (exact) mass is 314 g/mol. The fourth-order valence-electron chi connectivity index (χ4n) is 2.52. The summed E-state index contributed by atoms with van der Waals surface area (Å²) in [5.74, 6) is -0.199. The molecule has 0 heterocycles. The molecular formula is C19H23FN2O. The van der Waals surface area contributed by atoms with Gasteiger partial charge in [-0.1, -0.05) is 24.3 Å². The van der Waals surface area contributed by atoms with Crippen LogP contribution in [0.3, 0.4) is 0 Å². The van der Waals surface area contributed by atoms with Gasteiger partial charge >= 0.3 is 0 Å². The second-order valence-electron chi connectivity index (χ2n) is 5.77. The Hall–Kier alpha value is -2.20. The molecule has 2 rings (SSSR count). The minimum absolute atomic E-state index is 0.0200. The van der Waals surface area contributed by atoms with Gasteiger partial charge in [0.1, 0.15) is 5.82 Å². The summed E-state index contributed by atoms with van der Waals surface area (Å²) < 4.78 is 13.4. The Labute approximate surface area is 136 Å². The number of rotatable bonds is 7. The molecule has 0 saturated heterocycles. The fraction of sp³-hybridized carbons (Fsp3) is 0.316. The van der Waals surface area contributed by atoms with Gasteiger partial charge < -0.3 is 10.6 Å². The molecule has 2 N–H and O–H groups in total. The number of aryl methyl sites for hydroxylation is 2. The summed E-state index contributed by atoms with van der Waals surface area (Å²) in [6.45, 7) is 5.24. The van der Waals surface area contributed by atoms with Gasteiger partial charge in [-0.05, 0) is 61.7 Å². The third-order valence-electron chi connectivity index (χ3n) is 3.56. The number of anilines is 1. The van der Waals surface area contributed by atoms with Crippen molar-refractivity contribution in [3.8, 4) is 0 Å². The van der Waals surface area contributed by atoms with Crippen molar-refractivity contribution in [1.82, 2.24) is 5.32 Å². The van der Waals surface area contributed by atoms with E-state index in [-0.39, 0.29) is 11.7 Å². The van der Waals surface area contributed by atoms with Crippen molar-refractivity contribution in [2.75, 3.05) is 18.4 Å². The molecule has 2 aromatic carbocycles. The number of carbonyl (C=O) groups excluding carboxylic acids is 1. The molecule has 0 aliphatic rings. The molecule has 4 heteroatoms. The Morgan fingerprint density at radius 1 is 1.04 bits per heavy atom. The van der Waals surface area contributed by atoms with E-state index in [1.807, 2.05) is 32.0 Å². The van der Waals surface area contributed by atoms with E-state index in [0.29, 0.717) is 31.5 Å². The van der Waals surface area contributed by atoms with E-state index in [2.05, 4.69) is 16.7 Å². The van der Waals surface area contributed by atoms with Gasteiger partial charge in [-0.25, -0.2) is 4.39 Å². The smallest absolute Gasteiger partial charge is 0.225 e. The van der Waals surface area contributed by atoms with Crippen LogP contribution in [-0.4, -0.2) is 19.0 Å². The molecule has 0 unspecified atom stereocenters. The fourth-order valence-corrected chi connectivity index (χ4v) is 2.52. The predicted octanol–water partition coefficient (Wildman–Crippen LogP) is 3.60. The SMILES string of the molecule is Cc1cc(C)cc(NC(=O)CCNCCc2ccccc2F)c1. The number of nitrogens with one attached hydrogen (secondary N) is 2. The van der Waals surface area contributed by atoms with Gasteiger partial charge in [0.2, 0.25) is 5.91 Å². The van der Waals surface area contributed by atoms with E-state index >= 15 is 0 Å². The largest absolute Gasteiger partial charge is 0.326 e. The van der Waals surface area contributed by atoms with Crippen LogP contribution in [0.15, 0.2) is 42.5 Å². The van der Waals surface area contributed by atoms with Crippen LogP contribution < -0.4 is 10.6 Å². The van der Waals surface area contributed by atoms with E-state index < -0.39 is 0 Å². The lowest BCUT2D eigenvalue weighted by Crippen LogP contribution is -2.23. The van der Waals surface area contributed by atoms with Crippen molar-refractivity contribution in [1.29, 1.82) is 0 Å². The molecule has 2 aromatic rings. The number of halogens is 1. The summed E-state index contributed by atoms with van der Waals surface area (Å²) in [4.78, 5) is 11.9. The van der Waals surface area contributed by atoms with Crippen LogP contribution >= 0.6 is 0 Å². The topological polar surface area (TPSA) is 41.1 Å². The van der Waals surface area contributed by atoms with E-state index in [9.17, 15) is 9.18 Å². The van der Waals surface area contributed by atoms with Gasteiger partial charge in [0.15, 0.2) is 0 Å². The summed E-state index contributed by atoms with van der Waals surface area (Å²) >= 11 is 0. The normalized spacial score (nSPS) is 10.6. The molecule has 0 radical (unpaired) electrons. The Balaban J connectivity index is 1.68. The van der Waals surface area contributed by atoms with Crippen LogP contribution in [-0.2, 0) is 11.2 Å². The molecule has 122 valence electrons. The average Bonchev–Trinajstić information content (AvgIpc) is 2.47. The third kappa shape index (κ3) is 5.83. The standard InChI is InChI=1S/C19H23FN2O/c1-14-11-15(2)13-17(12-14)22-19(23)8-10-21-9-7-16-5-3-4-6-18(16)20/h3-6,11-13,21H,7-10H2,1-2H3,(H,22,23). The lowest BCUT2D eigenvalue weighted by Gasteiger charge is -2.08. The van der Waals surface area contributed by atoms with Crippen LogP contribution in [0, 0.1) is 19.7 Å². The zero-order chi connectivity index (χ0) is 16.7. The van der Waals surface area contributed by atoms with Gasteiger partial charge in [-0.2, -0.15) is 0 Å². The maximum absolute atomic E-state index is 13.4. The van der Waals surface area contributed by atoms with E-state index in [0.717, 1.165) is 16.8 Å². The zero-order valence-corrected chi connectivity index (χ0v) is 13.7. The summed E-state index contributed by atoms with van der Waals surface area (Å²) in [5.41, 5.74) is 3.78. The molecule has 0 spiro atoms. The first-order valence-electron chi connectivity index (χ1n) is 7.87. The molecule has 23 heavy (non-hydrogen) atoms. The van der Waals surface area contributed by atoms with Crippen molar-refractivity contribution >= 4 is 11.6 Å². The average molecular weight is 314 g/mol. The van der Waals surface area contributed by atoms with Gasteiger partial charge in [-0.3, -0.25) is 4.79 Å². The lowest BCUT2D eigenvalue weighted by molar-refractivity contribution is -0.116. The molecule has 0 saturated carbocycles. The Kier molecular flexibility index (Phi) is 6.29. The van der Waals surface area contributed by atoms with Gasteiger partial charge in [0.25, 0.3) is 0 Å². The first kappa shape index (κ1) is 17.2. The molecule has 0 atom stereocenters. The number of carbonyl (C=O) groups is 1. The summed E-state index contributed by atoms with van der Waals surface area (Å²) in [7, 11) is 0. The maximum Gasteiger partial charge on any atom is 0.225 e. The molecule has 0 aliphatic heterocycles. The second-order valence-corrected chi connectivity index (χ2v) is 5.77. The molecule has 3 nitrogen and oxygen atoms in total. The second kappa shape index (κ2) is 8.44. The van der Waals surface area contributed by atoms with Crippen molar-refractivity contribution < 1.29 is 9.18 Å². The van der Waals surface area contributed by atoms with E-state index in [1.165, 1.54) is 6.07 Å². The third-order valence-corrected chi connectivity index (χ3v) is 3.56. The first-order chi connectivity index (χ1) is 11.0. The summed E-state index contributed by atoms with van der Waals surface area (Å²) in [6.07, 6.45) is 1.01. The highest BCUT2D eigenvalue weighted by atomic mass is 19.1. The number of benzene rings is 2. The predicted molar refractivity (Wildman–Crippen MR) is 92.1 cm³/mol. The molecule has 0 bridgehead atoms. The van der Waals surface area contributed by atoms with E-state index in [1.54, 1.807) is 12.1 Å². The van der Waals surface area contributed by atoms with Crippen molar-refractivity contribution in [3.05, 3.63) is 65.0 Å². The van der Waals surface area contributed by atoms with Crippen LogP contribution in [0.4, 0.5) is 10.1 Å². The molecule has 1 amide bonds. The Morgan fingerprint density at radius 3 is 2.43 bits per heavy atom. The van der Waals surface area contributed by atoms with Crippen molar-refractivity contribution in [3.63, 3.8) is 0 Å². The summed E-state index contributed by atoms with van der Waals surface area (Å²) in [5, 5.41) is 6.08. The lowest BCUT2D eigenvalue weighted by atomic mass is 10.1. The highest BCUT2D eigenvalue weighted by Crippen LogP contribution is 2.13. The Bertz CT molecular complexity index is 650. The highest BCUT2D eigenvalue weighted by molar-refractivity contribution is 5.91. The van der Waals surface area contributed by atoms with E-state index in [4.69, 9.17) is 0 Å². The summed E-state index contributed by atoms with van der Waals surface area (Å²) in [6, 6.07) is 12.7. The Morgan fingerprint density at radius 2 is 1.74 bits per heavy atom. The van der Waals surface area contributed by atoms with Crippen LogP contribution in [0.25, 0.3) is 0 Å². The maximum atomic E-state index is 13.4.